The first-order valence-corrected chi connectivity index (χ1v) is 8.97. The number of nitrogens with one attached hydrogen (secondary N) is 1. The van der Waals surface area contributed by atoms with Crippen molar-refractivity contribution in [1.82, 2.24) is 9.80 Å². The van der Waals surface area contributed by atoms with Crippen molar-refractivity contribution in [2.75, 3.05) is 56.1 Å². The zero-order chi connectivity index (χ0) is 16.9. The summed E-state index contributed by atoms with van der Waals surface area (Å²) in [5.41, 5.74) is 1.94. The van der Waals surface area contributed by atoms with E-state index in [9.17, 15) is 9.90 Å². The standard InChI is InChI=1S/C18H28N4O2/c1-2-20-10-12-21(13-11-20)17-8-4-3-7-16(17)19-18(24)22-9-5-6-15(22)14-23/h3-4,7-8,15,23H,2,5-6,9-14H2,1H3,(H,19,24)/t15-/m0/s1. The SMILES string of the molecule is CCN1CCN(c2ccccc2NC(=O)N2CCC[C@H]2CO)CC1. The maximum absolute atomic E-state index is 12.6. The van der Waals surface area contributed by atoms with Crippen molar-refractivity contribution in [1.29, 1.82) is 0 Å². The topological polar surface area (TPSA) is 59.0 Å². The highest BCUT2D eigenvalue weighted by Crippen LogP contribution is 2.28. The molecule has 0 radical (unpaired) electrons. The number of rotatable bonds is 4. The van der Waals surface area contributed by atoms with Crippen LogP contribution >= 0.6 is 0 Å². The van der Waals surface area contributed by atoms with Crippen LogP contribution in [0.3, 0.4) is 0 Å². The highest BCUT2D eigenvalue weighted by atomic mass is 16.3. The molecule has 1 aromatic carbocycles. The van der Waals surface area contributed by atoms with Gasteiger partial charge in [0.25, 0.3) is 0 Å². The molecule has 2 fully saturated rings. The van der Waals surface area contributed by atoms with Gasteiger partial charge in [0, 0.05) is 32.7 Å². The minimum absolute atomic E-state index is 0.0358. The number of carbonyl (C=O) groups is 1. The van der Waals surface area contributed by atoms with Gasteiger partial charge in [-0.25, -0.2) is 4.79 Å². The Morgan fingerprint density at radius 3 is 2.67 bits per heavy atom. The number of amides is 2. The lowest BCUT2D eigenvalue weighted by Crippen LogP contribution is -2.46. The average molecular weight is 332 g/mol. The first-order valence-electron chi connectivity index (χ1n) is 8.97. The largest absolute Gasteiger partial charge is 0.394 e. The summed E-state index contributed by atoms with van der Waals surface area (Å²) < 4.78 is 0. The smallest absolute Gasteiger partial charge is 0.322 e. The van der Waals surface area contributed by atoms with Gasteiger partial charge in [-0.2, -0.15) is 0 Å². The van der Waals surface area contributed by atoms with Gasteiger partial charge in [-0.05, 0) is 31.5 Å². The minimum atomic E-state index is -0.105. The second-order valence-corrected chi connectivity index (χ2v) is 6.54. The summed E-state index contributed by atoms with van der Waals surface area (Å²) in [5, 5.41) is 12.5. The maximum Gasteiger partial charge on any atom is 0.322 e. The number of hydrogen-bond acceptors (Lipinski definition) is 4. The molecular formula is C18H28N4O2. The van der Waals surface area contributed by atoms with Gasteiger partial charge in [0.1, 0.15) is 0 Å². The van der Waals surface area contributed by atoms with Gasteiger partial charge < -0.3 is 25.1 Å². The lowest BCUT2D eigenvalue weighted by atomic mass is 10.2. The molecule has 3 rings (SSSR count). The molecule has 2 saturated heterocycles. The number of anilines is 2. The summed E-state index contributed by atoms with van der Waals surface area (Å²) in [6.07, 6.45) is 1.84. The second-order valence-electron chi connectivity index (χ2n) is 6.54. The van der Waals surface area contributed by atoms with Crippen molar-refractivity contribution in [2.45, 2.75) is 25.8 Å². The van der Waals surface area contributed by atoms with E-state index in [0.717, 1.165) is 56.9 Å². The summed E-state index contributed by atoms with van der Waals surface area (Å²) in [6.45, 7) is 8.09. The zero-order valence-corrected chi connectivity index (χ0v) is 14.4. The van der Waals surface area contributed by atoms with Crippen LogP contribution in [0.15, 0.2) is 24.3 Å². The third-order valence-corrected chi connectivity index (χ3v) is 5.15. The van der Waals surface area contributed by atoms with Gasteiger partial charge >= 0.3 is 6.03 Å². The van der Waals surface area contributed by atoms with Gasteiger partial charge in [-0.3, -0.25) is 0 Å². The van der Waals surface area contributed by atoms with E-state index < -0.39 is 0 Å². The van der Waals surface area contributed by atoms with E-state index in [0.29, 0.717) is 6.54 Å². The lowest BCUT2D eigenvalue weighted by molar-refractivity contribution is 0.166. The summed E-state index contributed by atoms with van der Waals surface area (Å²) in [6, 6.07) is 7.85. The summed E-state index contributed by atoms with van der Waals surface area (Å²) in [4.78, 5) is 19.1. The van der Waals surface area contributed by atoms with Gasteiger partial charge in [0.15, 0.2) is 0 Å². The molecule has 0 aromatic heterocycles. The fraction of sp³-hybridized carbons (Fsp3) is 0.611. The predicted octanol–water partition coefficient (Wildman–Crippen LogP) is 1.82. The van der Waals surface area contributed by atoms with E-state index >= 15 is 0 Å². The van der Waals surface area contributed by atoms with Crippen LogP contribution in [0.4, 0.5) is 16.2 Å². The lowest BCUT2D eigenvalue weighted by Gasteiger charge is -2.36. The number of likely N-dealkylation sites (N-methyl/N-ethyl adjacent to an activating group) is 1. The number of nitrogens with zero attached hydrogens (tertiary/aromatic N) is 3. The van der Waals surface area contributed by atoms with E-state index in [1.54, 1.807) is 4.90 Å². The van der Waals surface area contributed by atoms with Crippen LogP contribution in [0.25, 0.3) is 0 Å². The number of aliphatic hydroxyl groups is 1. The third-order valence-electron chi connectivity index (χ3n) is 5.15. The molecule has 2 aliphatic heterocycles. The molecular weight excluding hydrogens is 304 g/mol. The Bertz CT molecular complexity index is 558. The van der Waals surface area contributed by atoms with Crippen LogP contribution in [0.5, 0.6) is 0 Å². The van der Waals surface area contributed by atoms with Gasteiger partial charge in [0.2, 0.25) is 0 Å². The molecule has 0 aliphatic carbocycles. The summed E-state index contributed by atoms with van der Waals surface area (Å²) in [5.74, 6) is 0. The Morgan fingerprint density at radius 1 is 1.21 bits per heavy atom. The first kappa shape index (κ1) is 17.0. The molecule has 1 aromatic rings. The van der Waals surface area contributed by atoms with Crippen molar-refractivity contribution in [3.8, 4) is 0 Å². The van der Waals surface area contributed by atoms with Gasteiger partial charge in [-0.1, -0.05) is 19.1 Å². The Labute approximate surface area is 144 Å². The van der Waals surface area contributed by atoms with Crippen LogP contribution in [-0.2, 0) is 0 Å². The van der Waals surface area contributed by atoms with E-state index in [1.165, 1.54) is 0 Å². The molecule has 6 heteroatoms. The normalized spacial score (nSPS) is 22.0. The van der Waals surface area contributed by atoms with Crippen LogP contribution in [0.1, 0.15) is 19.8 Å². The molecule has 2 aliphatic rings. The molecule has 0 bridgehead atoms. The Balaban J connectivity index is 1.69. The van der Waals surface area contributed by atoms with E-state index in [-0.39, 0.29) is 18.7 Å². The zero-order valence-electron chi connectivity index (χ0n) is 14.4. The number of benzene rings is 1. The quantitative estimate of drug-likeness (QED) is 0.883. The Hall–Kier alpha value is -1.79. The minimum Gasteiger partial charge on any atom is -0.394 e. The molecule has 2 N–H and O–H groups in total. The Kier molecular flexibility index (Phi) is 5.58. The Morgan fingerprint density at radius 2 is 1.96 bits per heavy atom. The number of aliphatic hydroxyl groups excluding tert-OH is 1. The number of urea groups is 1. The molecule has 1 atom stereocenters. The van der Waals surface area contributed by atoms with E-state index in [1.807, 2.05) is 18.2 Å². The molecule has 0 unspecified atom stereocenters. The first-order chi connectivity index (χ1) is 11.7. The number of piperazine rings is 1. The van der Waals surface area contributed by atoms with Crippen LogP contribution in [0, 0.1) is 0 Å². The molecule has 132 valence electrons. The fourth-order valence-corrected chi connectivity index (χ4v) is 3.64. The highest BCUT2D eigenvalue weighted by Gasteiger charge is 2.28. The molecule has 2 heterocycles. The van der Waals surface area contributed by atoms with Crippen molar-refractivity contribution >= 4 is 17.4 Å². The summed E-state index contributed by atoms with van der Waals surface area (Å²) >= 11 is 0. The van der Waals surface area contributed by atoms with Crippen molar-refractivity contribution in [3.05, 3.63) is 24.3 Å². The van der Waals surface area contributed by atoms with Gasteiger partial charge in [-0.15, -0.1) is 0 Å². The molecule has 24 heavy (non-hydrogen) atoms. The number of hydrogen-bond donors (Lipinski definition) is 2. The number of para-hydroxylation sites is 2. The molecule has 0 saturated carbocycles. The molecule has 6 nitrogen and oxygen atoms in total. The van der Waals surface area contributed by atoms with Gasteiger partial charge in [0.05, 0.1) is 24.0 Å². The van der Waals surface area contributed by atoms with E-state index in [2.05, 4.69) is 28.1 Å². The fourth-order valence-electron chi connectivity index (χ4n) is 3.64. The predicted molar refractivity (Wildman–Crippen MR) is 96.6 cm³/mol. The van der Waals surface area contributed by atoms with Crippen LogP contribution in [0.2, 0.25) is 0 Å². The second kappa shape index (κ2) is 7.85. The maximum atomic E-state index is 12.6. The van der Waals surface area contributed by atoms with Crippen molar-refractivity contribution in [2.24, 2.45) is 0 Å². The number of carbonyl (C=O) groups excluding carboxylic acids is 1. The van der Waals surface area contributed by atoms with Crippen LogP contribution < -0.4 is 10.2 Å². The third kappa shape index (κ3) is 3.65. The summed E-state index contributed by atoms with van der Waals surface area (Å²) in [7, 11) is 0. The molecule has 2 amide bonds. The van der Waals surface area contributed by atoms with Crippen LogP contribution in [-0.4, -0.2) is 72.9 Å². The van der Waals surface area contributed by atoms with E-state index in [4.69, 9.17) is 0 Å². The average Bonchev–Trinajstić information content (AvgIpc) is 3.11. The van der Waals surface area contributed by atoms with Crippen molar-refractivity contribution in [3.63, 3.8) is 0 Å². The highest BCUT2D eigenvalue weighted by molar-refractivity contribution is 5.93. The molecule has 0 spiro atoms. The van der Waals surface area contributed by atoms with Crippen molar-refractivity contribution < 1.29 is 9.90 Å². The number of likely N-dealkylation sites (tertiary alicyclic amines) is 1. The monoisotopic (exact) mass is 332 g/mol.